The number of aliphatic hydroxyl groups excluding tert-OH is 1. The van der Waals surface area contributed by atoms with Crippen LogP contribution in [0.3, 0.4) is 0 Å². The fourth-order valence-electron chi connectivity index (χ4n) is 3.06. The number of ether oxygens (including phenoxy) is 1. The molecule has 0 aliphatic carbocycles. The van der Waals surface area contributed by atoms with Crippen molar-refractivity contribution in [3.05, 3.63) is 40.9 Å². The molecule has 1 fully saturated rings. The van der Waals surface area contributed by atoms with Gasteiger partial charge in [0.25, 0.3) is 0 Å². The molecule has 146 valence electrons. The van der Waals surface area contributed by atoms with E-state index in [-0.39, 0.29) is 25.0 Å². The number of amides is 1. The average molecular weight is 390 g/mol. The van der Waals surface area contributed by atoms with E-state index in [2.05, 4.69) is 39.5 Å². The lowest BCUT2D eigenvalue weighted by atomic mass is 10.1. The number of aromatic nitrogens is 1. The van der Waals surface area contributed by atoms with Crippen molar-refractivity contribution in [2.75, 3.05) is 32.9 Å². The largest absolute Gasteiger partial charge is 0.394 e. The Morgan fingerprint density at radius 3 is 2.96 bits per heavy atom. The van der Waals surface area contributed by atoms with Gasteiger partial charge >= 0.3 is 0 Å². The molecule has 7 heteroatoms. The number of morpholine rings is 1. The minimum Gasteiger partial charge on any atom is -0.394 e. The lowest BCUT2D eigenvalue weighted by Gasteiger charge is -2.26. The third-order valence-corrected chi connectivity index (χ3v) is 5.60. The van der Waals surface area contributed by atoms with E-state index in [9.17, 15) is 9.90 Å². The molecule has 27 heavy (non-hydrogen) atoms. The minimum absolute atomic E-state index is 0.0412. The van der Waals surface area contributed by atoms with Crippen LogP contribution in [0.25, 0.3) is 10.6 Å². The zero-order valence-electron chi connectivity index (χ0n) is 15.7. The first kappa shape index (κ1) is 19.9. The highest BCUT2D eigenvalue weighted by Crippen LogP contribution is 2.25. The van der Waals surface area contributed by atoms with E-state index in [1.165, 1.54) is 5.56 Å². The summed E-state index contributed by atoms with van der Waals surface area (Å²) in [4.78, 5) is 19.1. The summed E-state index contributed by atoms with van der Waals surface area (Å²) in [6.07, 6.45) is 0.945. The molecule has 1 unspecified atom stereocenters. The van der Waals surface area contributed by atoms with E-state index in [1.807, 2.05) is 12.3 Å². The number of benzene rings is 1. The number of rotatable bonds is 8. The van der Waals surface area contributed by atoms with Crippen molar-refractivity contribution in [1.29, 1.82) is 0 Å². The lowest BCUT2D eigenvalue weighted by Crippen LogP contribution is -2.37. The highest BCUT2D eigenvalue weighted by Gasteiger charge is 2.14. The van der Waals surface area contributed by atoms with Crippen LogP contribution in [0.2, 0.25) is 0 Å². The quantitative estimate of drug-likeness (QED) is 0.723. The summed E-state index contributed by atoms with van der Waals surface area (Å²) in [7, 11) is 0. The Bertz CT molecular complexity index is 740. The van der Waals surface area contributed by atoms with Crippen molar-refractivity contribution in [1.82, 2.24) is 15.2 Å². The molecule has 1 saturated heterocycles. The normalized spacial score (nSPS) is 16.2. The molecule has 1 amide bonds. The smallest absolute Gasteiger partial charge is 0.226 e. The summed E-state index contributed by atoms with van der Waals surface area (Å²) < 4.78 is 5.41. The summed E-state index contributed by atoms with van der Waals surface area (Å²) in [5.74, 6) is -0.103. The molecule has 2 aromatic rings. The topological polar surface area (TPSA) is 74.7 Å². The summed E-state index contributed by atoms with van der Waals surface area (Å²) in [6.45, 7) is 6.34. The summed E-state index contributed by atoms with van der Waals surface area (Å²) in [5.41, 5.74) is 3.11. The molecule has 2 heterocycles. The standard InChI is InChI=1S/C20H27N3O3S/c1-2-17(13-24)21-19(25)11-18-14-27-20(22-18)16-5-3-4-15(10-16)12-23-6-8-26-9-7-23/h3-5,10,14,17,24H,2,6-9,11-13H2,1H3,(H,21,25). The number of hydrogen-bond donors (Lipinski definition) is 2. The molecule has 1 aliphatic heterocycles. The maximum atomic E-state index is 12.1. The number of carbonyl (C=O) groups excluding carboxylic acids is 1. The minimum atomic E-state index is -0.188. The van der Waals surface area contributed by atoms with Crippen molar-refractivity contribution in [3.63, 3.8) is 0 Å². The third kappa shape index (κ3) is 5.84. The number of thiazole rings is 1. The maximum Gasteiger partial charge on any atom is 0.226 e. The molecule has 6 nitrogen and oxygen atoms in total. The van der Waals surface area contributed by atoms with Crippen molar-refractivity contribution in [2.45, 2.75) is 32.4 Å². The molecule has 1 aromatic heterocycles. The van der Waals surface area contributed by atoms with Crippen molar-refractivity contribution in [3.8, 4) is 10.6 Å². The van der Waals surface area contributed by atoms with Gasteiger partial charge in [0.05, 0.1) is 38.0 Å². The number of hydrogen-bond acceptors (Lipinski definition) is 6. The average Bonchev–Trinajstić information content (AvgIpc) is 3.15. The van der Waals surface area contributed by atoms with Gasteiger partial charge in [-0.1, -0.05) is 25.1 Å². The zero-order valence-corrected chi connectivity index (χ0v) is 16.5. The molecule has 3 rings (SSSR count). The molecule has 1 aromatic carbocycles. The van der Waals surface area contributed by atoms with Gasteiger partial charge in [-0.15, -0.1) is 11.3 Å². The molecule has 1 aliphatic rings. The zero-order chi connectivity index (χ0) is 19.1. The van der Waals surface area contributed by atoms with E-state index >= 15 is 0 Å². The van der Waals surface area contributed by atoms with Gasteiger partial charge in [-0.3, -0.25) is 9.69 Å². The van der Waals surface area contributed by atoms with Crippen LogP contribution in [0.4, 0.5) is 0 Å². The highest BCUT2D eigenvalue weighted by atomic mass is 32.1. The van der Waals surface area contributed by atoms with Gasteiger partial charge in [0.2, 0.25) is 5.91 Å². The Morgan fingerprint density at radius 1 is 1.41 bits per heavy atom. The summed E-state index contributed by atoms with van der Waals surface area (Å²) in [5, 5.41) is 14.9. The number of nitrogens with zero attached hydrogens (tertiary/aromatic N) is 2. The Morgan fingerprint density at radius 2 is 2.22 bits per heavy atom. The van der Waals surface area contributed by atoms with Crippen LogP contribution in [0.5, 0.6) is 0 Å². The van der Waals surface area contributed by atoms with E-state index in [0.717, 1.165) is 49.1 Å². The number of carbonyl (C=O) groups is 1. The molecule has 0 saturated carbocycles. The molecule has 0 spiro atoms. The van der Waals surface area contributed by atoms with Crippen molar-refractivity contribution in [2.24, 2.45) is 0 Å². The van der Waals surface area contributed by atoms with Crippen LogP contribution in [-0.2, 0) is 22.5 Å². The Labute approximate surface area is 164 Å². The second-order valence-electron chi connectivity index (χ2n) is 6.76. The van der Waals surface area contributed by atoms with Crippen LogP contribution in [0.1, 0.15) is 24.6 Å². The molecular formula is C20H27N3O3S. The van der Waals surface area contributed by atoms with Crippen LogP contribution in [-0.4, -0.2) is 59.8 Å². The molecule has 1 atom stereocenters. The van der Waals surface area contributed by atoms with Gasteiger partial charge in [-0.05, 0) is 18.1 Å². The van der Waals surface area contributed by atoms with Crippen LogP contribution in [0.15, 0.2) is 29.6 Å². The lowest BCUT2D eigenvalue weighted by molar-refractivity contribution is -0.121. The Hall–Kier alpha value is -1.80. The van der Waals surface area contributed by atoms with E-state index in [4.69, 9.17) is 4.74 Å². The van der Waals surface area contributed by atoms with Gasteiger partial charge < -0.3 is 15.2 Å². The van der Waals surface area contributed by atoms with Gasteiger partial charge in [0.1, 0.15) is 5.01 Å². The van der Waals surface area contributed by atoms with Gasteiger partial charge in [-0.25, -0.2) is 4.98 Å². The van der Waals surface area contributed by atoms with E-state index in [1.54, 1.807) is 11.3 Å². The fraction of sp³-hybridized carbons (Fsp3) is 0.500. The van der Waals surface area contributed by atoms with Crippen LogP contribution >= 0.6 is 11.3 Å². The SMILES string of the molecule is CCC(CO)NC(=O)Cc1csc(-c2cccc(CN3CCOCC3)c2)n1. The van der Waals surface area contributed by atoms with Gasteiger partial charge in [-0.2, -0.15) is 0 Å². The first-order valence-corrected chi connectivity index (χ1v) is 10.3. The monoisotopic (exact) mass is 389 g/mol. The van der Waals surface area contributed by atoms with Crippen LogP contribution < -0.4 is 5.32 Å². The first-order valence-electron chi connectivity index (χ1n) is 9.42. The van der Waals surface area contributed by atoms with Crippen LogP contribution in [0, 0.1) is 0 Å². The van der Waals surface area contributed by atoms with E-state index < -0.39 is 0 Å². The molecular weight excluding hydrogens is 362 g/mol. The number of aliphatic hydroxyl groups is 1. The highest BCUT2D eigenvalue weighted by molar-refractivity contribution is 7.13. The molecule has 0 bridgehead atoms. The van der Waals surface area contributed by atoms with E-state index in [0.29, 0.717) is 6.42 Å². The Kier molecular flexibility index (Phi) is 7.34. The van der Waals surface area contributed by atoms with Crippen molar-refractivity contribution >= 4 is 17.2 Å². The second kappa shape index (κ2) is 9.94. The Balaban J connectivity index is 1.62. The third-order valence-electron chi connectivity index (χ3n) is 4.66. The maximum absolute atomic E-state index is 12.1. The second-order valence-corrected chi connectivity index (χ2v) is 7.62. The predicted molar refractivity (Wildman–Crippen MR) is 107 cm³/mol. The first-order chi connectivity index (χ1) is 13.2. The van der Waals surface area contributed by atoms with Gasteiger partial charge in [0, 0.05) is 30.6 Å². The summed E-state index contributed by atoms with van der Waals surface area (Å²) in [6, 6.07) is 8.25. The fourth-order valence-corrected chi connectivity index (χ4v) is 3.88. The number of nitrogens with one attached hydrogen (secondary N) is 1. The van der Waals surface area contributed by atoms with Gasteiger partial charge in [0.15, 0.2) is 0 Å². The molecule has 0 radical (unpaired) electrons. The molecule has 2 N–H and O–H groups in total. The summed E-state index contributed by atoms with van der Waals surface area (Å²) >= 11 is 1.56. The predicted octanol–water partition coefficient (Wildman–Crippen LogP) is 2.07. The van der Waals surface area contributed by atoms with Crippen molar-refractivity contribution < 1.29 is 14.6 Å².